The standard InChI is InChI=1S/C14H19N3O3/c1-2-6-14(13(19)20)7-4-9-17(14)12(18)11-10(15)5-3-8-16-11/h3,5,8H,2,4,6-7,9,15H2,1H3,(H,19,20). The van der Waals surface area contributed by atoms with Gasteiger partial charge >= 0.3 is 5.97 Å². The van der Waals surface area contributed by atoms with Gasteiger partial charge < -0.3 is 15.7 Å². The molecule has 1 amide bonds. The molecule has 108 valence electrons. The van der Waals surface area contributed by atoms with Gasteiger partial charge in [-0.2, -0.15) is 0 Å². The fourth-order valence-electron chi connectivity index (χ4n) is 2.90. The van der Waals surface area contributed by atoms with Crippen molar-refractivity contribution in [2.45, 2.75) is 38.1 Å². The number of carboxylic acid groups (broad SMARTS) is 1. The van der Waals surface area contributed by atoms with Gasteiger partial charge in [-0.05, 0) is 31.4 Å². The second kappa shape index (κ2) is 5.48. The fourth-order valence-corrected chi connectivity index (χ4v) is 2.90. The highest BCUT2D eigenvalue weighted by Crippen LogP contribution is 2.35. The van der Waals surface area contributed by atoms with Crippen molar-refractivity contribution in [2.24, 2.45) is 0 Å². The summed E-state index contributed by atoms with van der Waals surface area (Å²) < 4.78 is 0. The number of carbonyl (C=O) groups is 2. The van der Waals surface area contributed by atoms with Gasteiger partial charge in [0, 0.05) is 12.7 Å². The average Bonchev–Trinajstić information content (AvgIpc) is 2.84. The number of carboxylic acids is 1. The third-order valence-electron chi connectivity index (χ3n) is 3.84. The van der Waals surface area contributed by atoms with Gasteiger partial charge in [0.2, 0.25) is 0 Å². The van der Waals surface area contributed by atoms with Crippen LogP contribution in [0.5, 0.6) is 0 Å². The number of anilines is 1. The number of pyridine rings is 1. The molecular formula is C14H19N3O3. The number of likely N-dealkylation sites (tertiary alicyclic amines) is 1. The van der Waals surface area contributed by atoms with Gasteiger partial charge in [0.15, 0.2) is 5.69 Å². The first kappa shape index (κ1) is 14.3. The van der Waals surface area contributed by atoms with E-state index < -0.39 is 17.4 Å². The lowest BCUT2D eigenvalue weighted by atomic mass is 9.90. The number of rotatable bonds is 4. The molecule has 6 heteroatoms. The Balaban J connectivity index is 2.38. The Morgan fingerprint density at radius 1 is 1.55 bits per heavy atom. The van der Waals surface area contributed by atoms with E-state index in [9.17, 15) is 14.7 Å². The summed E-state index contributed by atoms with van der Waals surface area (Å²) in [5.41, 5.74) is 5.07. The van der Waals surface area contributed by atoms with Crippen molar-refractivity contribution in [1.82, 2.24) is 9.88 Å². The van der Waals surface area contributed by atoms with E-state index in [0.717, 1.165) is 0 Å². The van der Waals surface area contributed by atoms with Gasteiger partial charge in [-0.3, -0.25) is 4.79 Å². The summed E-state index contributed by atoms with van der Waals surface area (Å²) in [7, 11) is 0. The fraction of sp³-hybridized carbons (Fsp3) is 0.500. The largest absolute Gasteiger partial charge is 0.479 e. The summed E-state index contributed by atoms with van der Waals surface area (Å²) in [5.74, 6) is -1.34. The molecular weight excluding hydrogens is 258 g/mol. The molecule has 1 unspecified atom stereocenters. The van der Waals surface area contributed by atoms with E-state index in [2.05, 4.69) is 4.98 Å². The Hall–Kier alpha value is -2.11. The molecule has 0 aliphatic carbocycles. The van der Waals surface area contributed by atoms with E-state index >= 15 is 0 Å². The van der Waals surface area contributed by atoms with Crippen molar-refractivity contribution in [3.63, 3.8) is 0 Å². The minimum atomic E-state index is -1.12. The van der Waals surface area contributed by atoms with Crippen molar-refractivity contribution >= 4 is 17.6 Å². The maximum absolute atomic E-state index is 12.6. The molecule has 20 heavy (non-hydrogen) atoms. The molecule has 1 fully saturated rings. The summed E-state index contributed by atoms with van der Waals surface area (Å²) in [6.07, 6.45) is 3.80. The van der Waals surface area contributed by atoms with E-state index in [1.54, 1.807) is 12.1 Å². The van der Waals surface area contributed by atoms with E-state index in [1.807, 2.05) is 6.92 Å². The van der Waals surface area contributed by atoms with E-state index in [-0.39, 0.29) is 11.4 Å². The van der Waals surface area contributed by atoms with Crippen molar-refractivity contribution in [1.29, 1.82) is 0 Å². The highest BCUT2D eigenvalue weighted by atomic mass is 16.4. The molecule has 1 atom stereocenters. The van der Waals surface area contributed by atoms with Gasteiger partial charge in [-0.1, -0.05) is 13.3 Å². The zero-order valence-corrected chi connectivity index (χ0v) is 11.5. The van der Waals surface area contributed by atoms with Crippen LogP contribution in [0.4, 0.5) is 5.69 Å². The SMILES string of the molecule is CCCC1(C(=O)O)CCCN1C(=O)c1ncccc1N. The Bertz CT molecular complexity index is 532. The molecule has 3 N–H and O–H groups in total. The van der Waals surface area contributed by atoms with Crippen LogP contribution in [0.25, 0.3) is 0 Å². The molecule has 0 bridgehead atoms. The van der Waals surface area contributed by atoms with Gasteiger partial charge in [0.05, 0.1) is 5.69 Å². The number of aliphatic carboxylic acids is 1. The number of amides is 1. The summed E-state index contributed by atoms with van der Waals surface area (Å²) in [4.78, 5) is 29.7. The number of hydrogen-bond donors (Lipinski definition) is 2. The Morgan fingerprint density at radius 2 is 2.30 bits per heavy atom. The van der Waals surface area contributed by atoms with Crippen LogP contribution < -0.4 is 5.73 Å². The van der Waals surface area contributed by atoms with Crippen molar-refractivity contribution in [3.05, 3.63) is 24.0 Å². The third-order valence-corrected chi connectivity index (χ3v) is 3.84. The highest BCUT2D eigenvalue weighted by molar-refractivity contribution is 6.00. The molecule has 1 aromatic heterocycles. The number of nitrogens with two attached hydrogens (primary N) is 1. The normalized spacial score (nSPS) is 21.9. The van der Waals surface area contributed by atoms with Crippen LogP contribution in [0.2, 0.25) is 0 Å². The Labute approximate surface area is 117 Å². The molecule has 1 aromatic rings. The van der Waals surface area contributed by atoms with Gasteiger partial charge in [0.25, 0.3) is 5.91 Å². The molecule has 0 radical (unpaired) electrons. The zero-order valence-electron chi connectivity index (χ0n) is 11.5. The van der Waals surface area contributed by atoms with Crippen molar-refractivity contribution in [3.8, 4) is 0 Å². The van der Waals surface area contributed by atoms with Crippen LogP contribution >= 0.6 is 0 Å². The summed E-state index contributed by atoms with van der Waals surface area (Å²) >= 11 is 0. The second-order valence-corrected chi connectivity index (χ2v) is 5.09. The zero-order chi connectivity index (χ0) is 14.8. The van der Waals surface area contributed by atoms with Gasteiger partial charge in [-0.25, -0.2) is 9.78 Å². The van der Waals surface area contributed by atoms with Crippen molar-refractivity contribution < 1.29 is 14.7 Å². The van der Waals surface area contributed by atoms with Gasteiger partial charge in [-0.15, -0.1) is 0 Å². The molecule has 0 aromatic carbocycles. The number of nitrogens with zero attached hydrogens (tertiary/aromatic N) is 2. The first-order valence-electron chi connectivity index (χ1n) is 6.79. The summed E-state index contributed by atoms with van der Waals surface area (Å²) in [6, 6.07) is 3.24. The van der Waals surface area contributed by atoms with Crippen LogP contribution in [-0.4, -0.2) is 39.0 Å². The summed E-state index contributed by atoms with van der Waals surface area (Å²) in [6.45, 7) is 2.35. The van der Waals surface area contributed by atoms with Crippen LogP contribution in [-0.2, 0) is 4.79 Å². The van der Waals surface area contributed by atoms with Crippen LogP contribution in [0, 0.1) is 0 Å². The molecule has 0 spiro atoms. The average molecular weight is 277 g/mol. The van der Waals surface area contributed by atoms with Gasteiger partial charge in [0.1, 0.15) is 5.54 Å². The quantitative estimate of drug-likeness (QED) is 0.869. The second-order valence-electron chi connectivity index (χ2n) is 5.09. The number of carbonyl (C=O) groups excluding carboxylic acids is 1. The minimum absolute atomic E-state index is 0.135. The number of aromatic nitrogens is 1. The first-order valence-corrected chi connectivity index (χ1v) is 6.79. The first-order chi connectivity index (χ1) is 9.53. The lowest BCUT2D eigenvalue weighted by molar-refractivity contribution is -0.148. The maximum Gasteiger partial charge on any atom is 0.329 e. The van der Waals surface area contributed by atoms with Crippen molar-refractivity contribution in [2.75, 3.05) is 12.3 Å². The number of hydrogen-bond acceptors (Lipinski definition) is 4. The highest BCUT2D eigenvalue weighted by Gasteiger charge is 2.49. The minimum Gasteiger partial charge on any atom is -0.479 e. The van der Waals surface area contributed by atoms with Crippen LogP contribution in [0.15, 0.2) is 18.3 Å². The topological polar surface area (TPSA) is 96.5 Å². The molecule has 1 aliphatic heterocycles. The van der Waals surface area contributed by atoms with Crippen LogP contribution in [0.3, 0.4) is 0 Å². The molecule has 1 aliphatic rings. The predicted molar refractivity (Wildman–Crippen MR) is 74.2 cm³/mol. The van der Waals surface area contributed by atoms with Crippen LogP contribution in [0.1, 0.15) is 43.1 Å². The number of nitrogen functional groups attached to an aromatic ring is 1. The third kappa shape index (κ3) is 2.21. The lowest BCUT2D eigenvalue weighted by Crippen LogP contribution is -2.53. The smallest absolute Gasteiger partial charge is 0.329 e. The Kier molecular flexibility index (Phi) is 3.92. The lowest BCUT2D eigenvalue weighted by Gasteiger charge is -2.34. The molecule has 2 rings (SSSR count). The summed E-state index contributed by atoms with van der Waals surface area (Å²) in [5, 5.41) is 9.58. The van der Waals surface area contributed by atoms with E-state index in [1.165, 1.54) is 11.1 Å². The molecule has 2 heterocycles. The van der Waals surface area contributed by atoms with E-state index in [0.29, 0.717) is 32.2 Å². The van der Waals surface area contributed by atoms with E-state index in [4.69, 9.17) is 5.73 Å². The predicted octanol–water partition coefficient (Wildman–Crippen LogP) is 1.52. The molecule has 1 saturated heterocycles. The maximum atomic E-state index is 12.6. The molecule has 0 saturated carbocycles. The monoisotopic (exact) mass is 277 g/mol. The Morgan fingerprint density at radius 3 is 2.90 bits per heavy atom. The molecule has 6 nitrogen and oxygen atoms in total.